The Hall–Kier alpha value is -0.720. The molecule has 1 unspecified atom stereocenters. The van der Waals surface area contributed by atoms with E-state index in [4.69, 9.17) is 5.73 Å². The van der Waals surface area contributed by atoms with E-state index in [1.807, 2.05) is 11.4 Å². The van der Waals surface area contributed by atoms with Crippen molar-refractivity contribution in [1.82, 2.24) is 0 Å². The molecule has 0 bridgehead atoms. The van der Waals surface area contributed by atoms with Crippen molar-refractivity contribution in [3.8, 4) is 0 Å². The molecule has 0 spiro atoms. The van der Waals surface area contributed by atoms with Crippen molar-refractivity contribution in [3.05, 3.63) is 22.4 Å². The molecule has 96 valence electrons. The van der Waals surface area contributed by atoms with Crippen LogP contribution in [0, 0.1) is 0 Å². The Labute approximate surface area is 106 Å². The standard InChI is InChI=1S/C11H17NO3S2/c1-8(2)17(14,15)7-5-9(13)11(12)10-4-3-6-16-10/h3-4,6,8,11H,5,7,12H2,1-2H3. The van der Waals surface area contributed by atoms with Gasteiger partial charge in [0.2, 0.25) is 0 Å². The van der Waals surface area contributed by atoms with Crippen molar-refractivity contribution in [2.45, 2.75) is 31.6 Å². The number of hydrogen-bond acceptors (Lipinski definition) is 5. The van der Waals surface area contributed by atoms with E-state index in [9.17, 15) is 13.2 Å². The topological polar surface area (TPSA) is 77.2 Å². The predicted octanol–water partition coefficient (Wildman–Crippen LogP) is 1.53. The number of Topliss-reactive ketones (excluding diaryl/α,β-unsaturated/α-hetero) is 1. The second-order valence-electron chi connectivity index (χ2n) is 4.13. The summed E-state index contributed by atoms with van der Waals surface area (Å²) in [4.78, 5) is 12.5. The highest BCUT2D eigenvalue weighted by Gasteiger charge is 2.21. The number of hydrogen-bond donors (Lipinski definition) is 1. The van der Waals surface area contributed by atoms with Gasteiger partial charge in [0.05, 0.1) is 17.0 Å². The first-order valence-electron chi connectivity index (χ1n) is 5.38. The van der Waals surface area contributed by atoms with Crippen LogP contribution in [0.5, 0.6) is 0 Å². The van der Waals surface area contributed by atoms with E-state index in [1.165, 1.54) is 11.3 Å². The third-order valence-corrected chi connectivity index (χ3v) is 5.71. The molecule has 0 aliphatic rings. The van der Waals surface area contributed by atoms with Gasteiger partial charge in [0.25, 0.3) is 0 Å². The number of thiophene rings is 1. The summed E-state index contributed by atoms with van der Waals surface area (Å²) in [6.45, 7) is 3.22. The first-order chi connectivity index (χ1) is 7.84. The quantitative estimate of drug-likeness (QED) is 0.854. The monoisotopic (exact) mass is 275 g/mol. The summed E-state index contributed by atoms with van der Waals surface area (Å²) >= 11 is 1.40. The minimum absolute atomic E-state index is 0.0143. The molecule has 0 saturated heterocycles. The van der Waals surface area contributed by atoms with Crippen LogP contribution < -0.4 is 5.73 Å². The predicted molar refractivity (Wildman–Crippen MR) is 69.8 cm³/mol. The molecule has 1 heterocycles. The minimum Gasteiger partial charge on any atom is -0.317 e. The molecular weight excluding hydrogens is 258 g/mol. The lowest BCUT2D eigenvalue weighted by Gasteiger charge is -2.10. The molecule has 17 heavy (non-hydrogen) atoms. The highest BCUT2D eigenvalue weighted by Crippen LogP contribution is 2.19. The molecule has 4 nitrogen and oxygen atoms in total. The minimum atomic E-state index is -3.17. The highest BCUT2D eigenvalue weighted by atomic mass is 32.2. The zero-order valence-corrected chi connectivity index (χ0v) is 11.6. The highest BCUT2D eigenvalue weighted by molar-refractivity contribution is 7.91. The molecule has 0 fully saturated rings. The molecule has 1 aromatic heterocycles. The van der Waals surface area contributed by atoms with E-state index < -0.39 is 21.1 Å². The Bertz CT molecular complexity index is 463. The Balaban J connectivity index is 2.57. The van der Waals surface area contributed by atoms with Crippen LogP contribution in [0.25, 0.3) is 0 Å². The molecule has 0 aromatic carbocycles. The molecule has 0 amide bonds. The molecule has 0 radical (unpaired) electrons. The molecule has 6 heteroatoms. The molecule has 0 saturated carbocycles. The number of sulfone groups is 1. The molecule has 2 N–H and O–H groups in total. The maximum absolute atomic E-state index is 11.7. The normalized spacial score (nSPS) is 13.9. The summed E-state index contributed by atoms with van der Waals surface area (Å²) < 4.78 is 23.1. The van der Waals surface area contributed by atoms with E-state index in [0.717, 1.165) is 4.88 Å². The van der Waals surface area contributed by atoms with Crippen molar-refractivity contribution in [3.63, 3.8) is 0 Å². The SMILES string of the molecule is CC(C)S(=O)(=O)CCC(=O)C(N)c1cccs1. The summed E-state index contributed by atoms with van der Waals surface area (Å²) in [6, 6.07) is 2.90. The van der Waals surface area contributed by atoms with Gasteiger partial charge in [-0.05, 0) is 25.3 Å². The average Bonchev–Trinajstić information content (AvgIpc) is 2.78. The fourth-order valence-corrected chi connectivity index (χ4v) is 2.97. The maximum atomic E-state index is 11.7. The first kappa shape index (κ1) is 14.3. The van der Waals surface area contributed by atoms with Crippen molar-refractivity contribution in [2.75, 3.05) is 5.75 Å². The van der Waals surface area contributed by atoms with Crippen molar-refractivity contribution >= 4 is 27.0 Å². The molecule has 1 aromatic rings. The third-order valence-electron chi connectivity index (χ3n) is 2.55. The summed E-state index contributed by atoms with van der Waals surface area (Å²) in [7, 11) is -3.17. The van der Waals surface area contributed by atoms with Gasteiger partial charge in [0.1, 0.15) is 0 Å². The van der Waals surface area contributed by atoms with Gasteiger partial charge in [0.15, 0.2) is 15.6 Å². The Kier molecular flexibility index (Phi) is 4.85. The molecular formula is C11H17NO3S2. The number of carbonyl (C=O) groups excluding carboxylic acids is 1. The van der Waals surface area contributed by atoms with Gasteiger partial charge in [-0.15, -0.1) is 11.3 Å². The number of nitrogens with two attached hydrogens (primary N) is 1. The fourth-order valence-electron chi connectivity index (χ4n) is 1.26. The molecule has 1 rings (SSSR count). The lowest BCUT2D eigenvalue weighted by molar-refractivity contribution is -0.120. The van der Waals surface area contributed by atoms with E-state index in [0.29, 0.717) is 0 Å². The van der Waals surface area contributed by atoms with Crippen LogP contribution in [0.2, 0.25) is 0 Å². The van der Waals surface area contributed by atoms with Crippen LogP contribution >= 0.6 is 11.3 Å². The van der Waals surface area contributed by atoms with Gasteiger partial charge in [-0.1, -0.05) is 6.07 Å². The largest absolute Gasteiger partial charge is 0.317 e. The molecule has 0 aliphatic carbocycles. The van der Waals surface area contributed by atoms with Crippen molar-refractivity contribution < 1.29 is 13.2 Å². The van der Waals surface area contributed by atoms with E-state index >= 15 is 0 Å². The van der Waals surface area contributed by atoms with Crippen LogP contribution in [0.1, 0.15) is 31.2 Å². The van der Waals surface area contributed by atoms with E-state index in [1.54, 1.807) is 19.9 Å². The van der Waals surface area contributed by atoms with Crippen molar-refractivity contribution in [1.29, 1.82) is 0 Å². The summed E-state index contributed by atoms with van der Waals surface area (Å²) in [5.41, 5.74) is 5.75. The second kappa shape index (κ2) is 5.75. The van der Waals surface area contributed by atoms with Crippen LogP contribution in [-0.4, -0.2) is 25.2 Å². The Morgan fingerprint density at radius 1 is 1.47 bits per heavy atom. The first-order valence-corrected chi connectivity index (χ1v) is 7.97. The lowest BCUT2D eigenvalue weighted by Crippen LogP contribution is -2.25. The van der Waals surface area contributed by atoms with E-state index in [-0.39, 0.29) is 18.0 Å². The number of carbonyl (C=O) groups is 1. The lowest BCUT2D eigenvalue weighted by atomic mass is 10.1. The Morgan fingerprint density at radius 2 is 2.12 bits per heavy atom. The average molecular weight is 275 g/mol. The van der Waals surface area contributed by atoms with Crippen LogP contribution in [0.3, 0.4) is 0 Å². The van der Waals surface area contributed by atoms with Gasteiger partial charge in [-0.3, -0.25) is 4.79 Å². The van der Waals surface area contributed by atoms with E-state index in [2.05, 4.69) is 0 Å². The second-order valence-corrected chi connectivity index (χ2v) is 7.78. The summed E-state index contributed by atoms with van der Waals surface area (Å²) in [5.74, 6) is -0.348. The summed E-state index contributed by atoms with van der Waals surface area (Å²) in [5, 5.41) is 1.39. The van der Waals surface area contributed by atoms with Gasteiger partial charge in [-0.2, -0.15) is 0 Å². The van der Waals surface area contributed by atoms with Gasteiger partial charge < -0.3 is 5.73 Å². The zero-order chi connectivity index (χ0) is 13.1. The van der Waals surface area contributed by atoms with Gasteiger partial charge >= 0.3 is 0 Å². The molecule has 1 atom stereocenters. The van der Waals surface area contributed by atoms with Crippen LogP contribution in [0.15, 0.2) is 17.5 Å². The Morgan fingerprint density at radius 3 is 2.59 bits per heavy atom. The van der Waals surface area contributed by atoms with Gasteiger partial charge in [0, 0.05) is 11.3 Å². The zero-order valence-electron chi connectivity index (χ0n) is 9.92. The van der Waals surface area contributed by atoms with Crippen molar-refractivity contribution in [2.24, 2.45) is 5.73 Å². The maximum Gasteiger partial charge on any atom is 0.155 e. The smallest absolute Gasteiger partial charge is 0.155 e. The summed E-state index contributed by atoms with van der Waals surface area (Å²) in [6.07, 6.45) is -0.0143. The van der Waals surface area contributed by atoms with Gasteiger partial charge in [-0.25, -0.2) is 8.42 Å². The number of ketones is 1. The number of rotatable bonds is 6. The molecule has 0 aliphatic heterocycles. The third kappa shape index (κ3) is 3.90. The fraction of sp³-hybridized carbons (Fsp3) is 0.545. The van der Waals surface area contributed by atoms with Crippen LogP contribution in [0.4, 0.5) is 0 Å². The van der Waals surface area contributed by atoms with Crippen LogP contribution in [-0.2, 0) is 14.6 Å².